The van der Waals surface area contributed by atoms with Gasteiger partial charge in [0.2, 0.25) is 6.10 Å². The van der Waals surface area contributed by atoms with E-state index in [1.54, 1.807) is 20.8 Å². The number of carboxylic acids is 1. The SMILES string of the molecule is CC(C)(C)[C@H](ON=O)C(=O)O. The summed E-state index contributed by atoms with van der Waals surface area (Å²) in [5, 5.41) is 10.6. The second kappa shape index (κ2) is 3.32. The van der Waals surface area contributed by atoms with Crippen LogP contribution in [0.1, 0.15) is 20.8 Å². The molecule has 64 valence electrons. The van der Waals surface area contributed by atoms with E-state index in [0.29, 0.717) is 0 Å². The van der Waals surface area contributed by atoms with Crippen LogP contribution in [0.4, 0.5) is 0 Å². The second-order valence-corrected chi connectivity index (χ2v) is 3.26. The summed E-state index contributed by atoms with van der Waals surface area (Å²) in [4.78, 5) is 24.2. The number of carbonyl (C=O) groups is 1. The Hall–Kier alpha value is -1.13. The molecule has 0 aromatic rings. The van der Waals surface area contributed by atoms with E-state index < -0.39 is 17.5 Å². The molecule has 0 heterocycles. The maximum atomic E-state index is 10.4. The van der Waals surface area contributed by atoms with E-state index in [1.165, 1.54) is 0 Å². The highest BCUT2D eigenvalue weighted by molar-refractivity contribution is 5.73. The third-order valence-electron chi connectivity index (χ3n) is 1.16. The van der Waals surface area contributed by atoms with Crippen molar-refractivity contribution in [1.29, 1.82) is 0 Å². The standard InChI is InChI=1S/C6H11NO4/c1-6(2,3)4(5(8)9)11-7-10/h4H,1-3H3,(H,8,9)/t4-/m1/s1. The third-order valence-corrected chi connectivity index (χ3v) is 1.16. The van der Waals surface area contributed by atoms with E-state index in [9.17, 15) is 9.70 Å². The van der Waals surface area contributed by atoms with Gasteiger partial charge in [0.05, 0.1) is 0 Å². The van der Waals surface area contributed by atoms with Crippen molar-refractivity contribution >= 4 is 5.97 Å². The highest BCUT2D eigenvalue weighted by Gasteiger charge is 2.34. The number of hydrogen-bond acceptors (Lipinski definition) is 4. The molecular formula is C6H11NO4. The molecule has 11 heavy (non-hydrogen) atoms. The maximum Gasteiger partial charge on any atom is 0.348 e. The largest absolute Gasteiger partial charge is 0.478 e. The zero-order chi connectivity index (χ0) is 9.07. The molecule has 5 heteroatoms. The molecule has 1 N–H and O–H groups in total. The smallest absolute Gasteiger partial charge is 0.348 e. The quantitative estimate of drug-likeness (QED) is 0.498. The van der Waals surface area contributed by atoms with Gasteiger partial charge < -0.3 is 9.94 Å². The van der Waals surface area contributed by atoms with Crippen LogP contribution in [-0.4, -0.2) is 17.2 Å². The molecule has 0 aliphatic heterocycles. The minimum Gasteiger partial charge on any atom is -0.478 e. The van der Waals surface area contributed by atoms with E-state index in [2.05, 4.69) is 10.2 Å². The Morgan fingerprint density at radius 2 is 2.00 bits per heavy atom. The average molecular weight is 161 g/mol. The van der Waals surface area contributed by atoms with Crippen LogP contribution in [0.3, 0.4) is 0 Å². The summed E-state index contributed by atoms with van der Waals surface area (Å²) in [6.45, 7) is 4.95. The lowest BCUT2D eigenvalue weighted by Crippen LogP contribution is -2.35. The van der Waals surface area contributed by atoms with E-state index in [1.807, 2.05) is 0 Å². The maximum absolute atomic E-state index is 10.4. The van der Waals surface area contributed by atoms with Gasteiger partial charge in [-0.2, -0.15) is 0 Å². The molecule has 0 rings (SSSR count). The summed E-state index contributed by atoms with van der Waals surface area (Å²) in [5.41, 5.74) is -0.625. The van der Waals surface area contributed by atoms with E-state index in [0.717, 1.165) is 0 Å². The van der Waals surface area contributed by atoms with Crippen LogP contribution in [0, 0.1) is 10.3 Å². The van der Waals surface area contributed by atoms with Crippen molar-refractivity contribution in [3.63, 3.8) is 0 Å². The Kier molecular flexibility index (Phi) is 2.98. The van der Waals surface area contributed by atoms with Crippen molar-refractivity contribution in [2.45, 2.75) is 26.9 Å². The Labute approximate surface area is 64.3 Å². The van der Waals surface area contributed by atoms with Crippen molar-refractivity contribution in [2.24, 2.45) is 10.8 Å². The van der Waals surface area contributed by atoms with Gasteiger partial charge in [0.15, 0.2) is 5.34 Å². The highest BCUT2D eigenvalue weighted by Crippen LogP contribution is 2.22. The number of hydrogen-bond donors (Lipinski definition) is 1. The van der Waals surface area contributed by atoms with Gasteiger partial charge in [0.1, 0.15) is 0 Å². The first-order chi connectivity index (χ1) is 4.89. The number of rotatable bonds is 3. The second-order valence-electron chi connectivity index (χ2n) is 3.26. The molecule has 0 saturated carbocycles. The minimum atomic E-state index is -1.18. The Balaban J connectivity index is 4.34. The molecule has 5 nitrogen and oxygen atoms in total. The zero-order valence-electron chi connectivity index (χ0n) is 6.70. The van der Waals surface area contributed by atoms with Gasteiger partial charge in [-0.15, -0.1) is 4.91 Å². The fourth-order valence-corrected chi connectivity index (χ4v) is 0.617. The zero-order valence-corrected chi connectivity index (χ0v) is 6.70. The average Bonchev–Trinajstić information content (AvgIpc) is 1.79. The van der Waals surface area contributed by atoms with E-state index in [4.69, 9.17) is 5.11 Å². The highest BCUT2D eigenvalue weighted by atomic mass is 16.7. The van der Waals surface area contributed by atoms with Crippen LogP contribution in [-0.2, 0) is 9.63 Å². The van der Waals surface area contributed by atoms with Gasteiger partial charge in [-0.3, -0.25) is 0 Å². The van der Waals surface area contributed by atoms with Crippen molar-refractivity contribution in [2.75, 3.05) is 0 Å². The molecule has 0 radical (unpaired) electrons. The van der Waals surface area contributed by atoms with E-state index in [-0.39, 0.29) is 0 Å². The summed E-state index contributed by atoms with van der Waals surface area (Å²) in [6, 6.07) is 0. The van der Waals surface area contributed by atoms with Gasteiger partial charge in [0.25, 0.3) is 0 Å². The minimum absolute atomic E-state index is 0.625. The lowest BCUT2D eigenvalue weighted by molar-refractivity contribution is -0.158. The summed E-state index contributed by atoms with van der Waals surface area (Å²) in [6.07, 6.45) is -1.18. The first kappa shape index (κ1) is 9.87. The molecule has 0 aromatic heterocycles. The van der Waals surface area contributed by atoms with Crippen LogP contribution in [0.15, 0.2) is 5.34 Å². The number of nitrogens with zero attached hydrogens (tertiary/aromatic N) is 1. The summed E-state index contributed by atoms with van der Waals surface area (Å²) in [5.74, 6) is -1.18. The fraction of sp³-hybridized carbons (Fsp3) is 0.833. The first-order valence-corrected chi connectivity index (χ1v) is 3.11. The first-order valence-electron chi connectivity index (χ1n) is 3.11. The van der Waals surface area contributed by atoms with E-state index >= 15 is 0 Å². The number of carboxylic acid groups (broad SMARTS) is 1. The van der Waals surface area contributed by atoms with Crippen LogP contribution in [0.25, 0.3) is 0 Å². The lowest BCUT2D eigenvalue weighted by Gasteiger charge is -2.22. The predicted molar refractivity (Wildman–Crippen MR) is 37.8 cm³/mol. The predicted octanol–water partition coefficient (Wildman–Crippen LogP) is 1.18. The summed E-state index contributed by atoms with van der Waals surface area (Å²) >= 11 is 0. The molecule has 0 amide bonds. The molecule has 0 unspecified atom stereocenters. The van der Waals surface area contributed by atoms with Crippen molar-refractivity contribution in [1.82, 2.24) is 0 Å². The molecule has 0 aliphatic carbocycles. The summed E-state index contributed by atoms with van der Waals surface area (Å²) in [7, 11) is 0. The fourth-order valence-electron chi connectivity index (χ4n) is 0.617. The van der Waals surface area contributed by atoms with Crippen LogP contribution in [0.2, 0.25) is 0 Å². The topological polar surface area (TPSA) is 76.0 Å². The molecule has 0 spiro atoms. The molecule has 0 saturated heterocycles. The van der Waals surface area contributed by atoms with Crippen LogP contribution < -0.4 is 0 Å². The van der Waals surface area contributed by atoms with Crippen LogP contribution >= 0.6 is 0 Å². The molecule has 1 atom stereocenters. The van der Waals surface area contributed by atoms with Crippen LogP contribution in [0.5, 0.6) is 0 Å². The molecule has 0 fully saturated rings. The van der Waals surface area contributed by atoms with Gasteiger partial charge in [-0.25, -0.2) is 4.79 Å². The Morgan fingerprint density at radius 3 is 2.09 bits per heavy atom. The van der Waals surface area contributed by atoms with Crippen molar-refractivity contribution < 1.29 is 14.7 Å². The Morgan fingerprint density at radius 1 is 1.55 bits per heavy atom. The van der Waals surface area contributed by atoms with Gasteiger partial charge >= 0.3 is 5.97 Å². The molecule has 0 aliphatic rings. The van der Waals surface area contributed by atoms with Gasteiger partial charge in [-0.1, -0.05) is 20.8 Å². The molecular weight excluding hydrogens is 150 g/mol. The van der Waals surface area contributed by atoms with Crippen molar-refractivity contribution in [3.8, 4) is 0 Å². The molecule has 0 aromatic carbocycles. The third kappa shape index (κ3) is 2.97. The van der Waals surface area contributed by atoms with Crippen molar-refractivity contribution in [3.05, 3.63) is 4.91 Å². The normalized spacial score (nSPS) is 13.7. The molecule has 0 bridgehead atoms. The van der Waals surface area contributed by atoms with Gasteiger partial charge in [0, 0.05) is 5.41 Å². The van der Waals surface area contributed by atoms with Gasteiger partial charge in [-0.05, 0) is 0 Å². The summed E-state index contributed by atoms with van der Waals surface area (Å²) < 4.78 is 0. The lowest BCUT2D eigenvalue weighted by atomic mass is 9.89. The number of aliphatic carboxylic acids is 1. The monoisotopic (exact) mass is 161 g/mol. The Bertz CT molecular complexity index is 160.